The Balaban J connectivity index is 0.000000176. The number of para-hydroxylation sites is 3. The van der Waals surface area contributed by atoms with Crippen LogP contribution in [-0.4, -0.2) is 121 Å². The molecule has 0 unspecified atom stereocenters. The smallest absolute Gasteiger partial charge is 0.384 e. The molecule has 0 saturated carbocycles. The molecule has 0 aliphatic rings. The van der Waals surface area contributed by atoms with Crippen molar-refractivity contribution in [3.63, 3.8) is 0 Å². The number of benzene rings is 3. The molecule has 9 aromatic heterocycles. The van der Waals surface area contributed by atoms with Crippen LogP contribution in [0.3, 0.4) is 0 Å². The van der Waals surface area contributed by atoms with Crippen LogP contribution in [0.5, 0.6) is 0 Å². The number of nitrogens with one attached hydrogen (secondary N) is 8. The lowest BCUT2D eigenvalue weighted by atomic mass is 10.2. The first-order valence-corrected chi connectivity index (χ1v) is 35.8. The second kappa shape index (κ2) is 34.6. The highest BCUT2D eigenvalue weighted by atomic mass is 35.5. The van der Waals surface area contributed by atoms with Gasteiger partial charge in [-0.25, -0.2) is 114 Å². The molecule has 10 N–H and O–H groups in total. The maximum atomic E-state index is 13.7. The fourth-order valence-electron chi connectivity index (χ4n) is 9.50. The van der Waals surface area contributed by atoms with Crippen molar-refractivity contribution in [2.45, 2.75) is 54.0 Å². The zero-order valence-electron chi connectivity index (χ0n) is 57.1. The van der Waals surface area contributed by atoms with E-state index in [1.165, 1.54) is 113 Å². The summed E-state index contributed by atoms with van der Waals surface area (Å²) < 4.78 is 201. The van der Waals surface area contributed by atoms with E-state index in [1.807, 2.05) is 0 Å². The SMILES string of the molecule is CNS(=O)(=O)c1ccccc1Nc1cc(Cl)ncc1C(F)(F)F.CNS(=O)(=O)c1ccccc1Nc1cc(Nc2cc(-c3cncnc3)nc(C)n2)ncc1C(F)(F)F.CNS(=O)(=O)c1ccccc1Nc1cc(Nc2cc(-c3cncnc3)nc(C)n2)ncc1C(F)(F)F.Cc1nc(N)cc(-c2cncnc2)n1. The van der Waals surface area contributed by atoms with Crippen molar-refractivity contribution in [2.24, 2.45) is 0 Å². The summed E-state index contributed by atoms with van der Waals surface area (Å²) in [6.07, 6.45) is 1.56. The fraction of sp³-hybridized carbons (Fsp3) is 0.136. The van der Waals surface area contributed by atoms with Gasteiger partial charge in [0.15, 0.2) is 0 Å². The molecule has 566 valence electrons. The van der Waals surface area contributed by atoms with Crippen molar-refractivity contribution in [1.82, 2.24) is 88.9 Å². The van der Waals surface area contributed by atoms with Crippen LogP contribution in [0.4, 0.5) is 103 Å². The van der Waals surface area contributed by atoms with Crippen molar-refractivity contribution in [3.05, 3.63) is 223 Å². The van der Waals surface area contributed by atoms with Crippen molar-refractivity contribution >= 4 is 105 Å². The molecule has 109 heavy (non-hydrogen) atoms. The predicted octanol–water partition coefficient (Wildman–Crippen LogP) is 12.3. The van der Waals surface area contributed by atoms with E-state index in [9.17, 15) is 64.8 Å². The van der Waals surface area contributed by atoms with Gasteiger partial charge in [0.05, 0.1) is 67.9 Å². The zero-order chi connectivity index (χ0) is 79.1. The van der Waals surface area contributed by atoms with E-state index >= 15 is 0 Å². The maximum absolute atomic E-state index is 13.7. The lowest BCUT2D eigenvalue weighted by molar-refractivity contribution is -0.138. The minimum atomic E-state index is -4.75. The Morgan fingerprint density at radius 1 is 0.349 bits per heavy atom. The van der Waals surface area contributed by atoms with Crippen LogP contribution in [0.1, 0.15) is 34.2 Å². The first-order chi connectivity index (χ1) is 51.5. The summed E-state index contributed by atoms with van der Waals surface area (Å²) in [5.74, 6) is 2.52. The topological polar surface area (TPSA) is 418 Å². The van der Waals surface area contributed by atoms with Crippen LogP contribution < -0.4 is 46.5 Å². The van der Waals surface area contributed by atoms with Crippen molar-refractivity contribution in [2.75, 3.05) is 53.5 Å². The van der Waals surface area contributed by atoms with Gasteiger partial charge in [-0.3, -0.25) is 0 Å². The van der Waals surface area contributed by atoms with Crippen molar-refractivity contribution < 1.29 is 64.8 Å². The van der Waals surface area contributed by atoms with Gasteiger partial charge in [-0.15, -0.1) is 0 Å². The van der Waals surface area contributed by atoms with E-state index < -0.39 is 82.4 Å². The Hall–Kier alpha value is -12.2. The summed E-state index contributed by atoms with van der Waals surface area (Å²) in [5.41, 5.74) is 4.92. The Labute approximate surface area is 619 Å². The van der Waals surface area contributed by atoms with Gasteiger partial charge in [0.1, 0.15) is 85.4 Å². The number of aromatic nitrogens is 15. The highest BCUT2D eigenvalue weighted by Gasteiger charge is 2.37. The highest BCUT2D eigenvalue weighted by Crippen LogP contribution is 2.42. The average molecular weight is 1590 g/mol. The summed E-state index contributed by atoms with van der Waals surface area (Å²) in [6, 6.07) is 24.8. The normalized spacial score (nSPS) is 11.7. The molecule has 0 saturated heterocycles. The van der Waals surface area contributed by atoms with Gasteiger partial charge < -0.3 is 32.3 Å². The fourth-order valence-corrected chi connectivity index (χ4v) is 12.3. The van der Waals surface area contributed by atoms with E-state index in [2.05, 4.69) is 116 Å². The molecule has 12 rings (SSSR count). The Kier molecular flexibility index (Phi) is 25.6. The van der Waals surface area contributed by atoms with Crippen LogP contribution in [-0.2, 0) is 48.6 Å². The van der Waals surface area contributed by atoms with Gasteiger partial charge in [-0.1, -0.05) is 48.0 Å². The molecule has 9 heterocycles. The number of halogens is 10. The molecule has 0 aliphatic carbocycles. The number of alkyl halides is 9. The summed E-state index contributed by atoms with van der Waals surface area (Å²) in [5, 5.41) is 13.2. The van der Waals surface area contributed by atoms with E-state index in [1.54, 1.807) is 76.2 Å². The molecule has 0 fully saturated rings. The Bertz CT molecular complexity index is 5320. The molecule has 0 bridgehead atoms. The summed E-state index contributed by atoms with van der Waals surface area (Å²) >= 11 is 5.64. The molecule has 0 atom stereocenters. The van der Waals surface area contributed by atoms with Gasteiger partial charge in [-0.05, 0) is 84.4 Å². The van der Waals surface area contributed by atoms with Gasteiger partial charge in [0.2, 0.25) is 30.1 Å². The van der Waals surface area contributed by atoms with Crippen LogP contribution in [0.2, 0.25) is 5.15 Å². The summed E-state index contributed by atoms with van der Waals surface area (Å²) in [4.78, 5) is 59.6. The highest BCUT2D eigenvalue weighted by molar-refractivity contribution is 7.90. The molecule has 30 nitrogen and oxygen atoms in total. The standard InChI is InChI=1S/2C22H19F3N8O2S.C13H11ClF3N3O2S.C9H9N5/c2*1-13-30-17(14-9-27-12-28-10-14)7-21(31-13)33-20-8-18(15(11-29-20)22(23,24)25)32-16-5-3-4-6-19(16)36(34,35)26-2;1-18-23(21,22)11-5-3-2-4-9(11)20-10-6-12(14)19-7-8(10)13(15,16)17;1-6-13-8(2-9(10)14-6)7-3-11-5-12-4-7/h2*3-12,26H,1-2H3,(H2,29,30,31,32,33);2-7,18H,1H3,(H,19,20);2-5H,1H3,(H2,10,13,14). The number of pyridine rings is 3. The molecule has 43 heteroatoms. The monoisotopic (exact) mass is 1580 g/mol. The number of nitrogens with zero attached hydrogens (tertiary/aromatic N) is 15. The predicted molar refractivity (Wildman–Crippen MR) is 385 cm³/mol. The largest absolute Gasteiger partial charge is 0.419 e. The molecular weight excluding hydrogens is 1530 g/mol. The molecule has 0 radical (unpaired) electrons. The first kappa shape index (κ1) is 80.9. The molecular formula is C66H58ClF9N24O6S3. The Morgan fingerprint density at radius 2 is 0.642 bits per heavy atom. The first-order valence-electron chi connectivity index (χ1n) is 30.9. The van der Waals surface area contributed by atoms with E-state index in [-0.39, 0.29) is 60.2 Å². The number of hydrogen-bond acceptors (Lipinski definition) is 27. The van der Waals surface area contributed by atoms with E-state index in [0.29, 0.717) is 64.4 Å². The third-order valence-corrected chi connectivity index (χ3v) is 19.0. The number of sulfonamides is 3. The van der Waals surface area contributed by atoms with Gasteiger partial charge in [-0.2, -0.15) is 39.5 Å². The molecule has 3 aromatic carbocycles. The number of anilines is 11. The third-order valence-electron chi connectivity index (χ3n) is 14.4. The average Bonchev–Trinajstić information content (AvgIpc) is 0.815. The molecule has 0 spiro atoms. The minimum Gasteiger partial charge on any atom is -0.384 e. The summed E-state index contributed by atoms with van der Waals surface area (Å²) in [7, 11) is -8.11. The minimum absolute atomic E-state index is 0.0189. The number of hydrogen-bond donors (Lipinski definition) is 9. The van der Waals surface area contributed by atoms with Gasteiger partial charge in [0.25, 0.3) is 0 Å². The number of nitrogens with two attached hydrogens (primary N) is 1. The second-order valence-corrected chi connectivity index (χ2v) is 27.9. The van der Waals surface area contributed by atoms with Gasteiger partial charge in [0, 0.05) is 103 Å². The van der Waals surface area contributed by atoms with Crippen LogP contribution in [0, 0.1) is 20.8 Å². The van der Waals surface area contributed by atoms with Crippen LogP contribution in [0.25, 0.3) is 33.8 Å². The van der Waals surface area contributed by atoms with E-state index in [4.69, 9.17) is 17.3 Å². The number of rotatable bonds is 19. The lowest BCUT2D eigenvalue weighted by Gasteiger charge is -2.18. The van der Waals surface area contributed by atoms with Crippen molar-refractivity contribution in [3.8, 4) is 33.8 Å². The lowest BCUT2D eigenvalue weighted by Crippen LogP contribution is -2.20. The van der Waals surface area contributed by atoms with E-state index in [0.717, 1.165) is 29.5 Å². The van der Waals surface area contributed by atoms with Gasteiger partial charge >= 0.3 is 18.5 Å². The Morgan fingerprint density at radius 3 is 0.954 bits per heavy atom. The molecule has 0 amide bonds. The van der Waals surface area contributed by atoms with Crippen LogP contribution in [0.15, 0.2) is 199 Å². The number of nitrogen functional groups attached to an aromatic ring is 1. The van der Waals surface area contributed by atoms with Crippen molar-refractivity contribution in [1.29, 1.82) is 0 Å². The number of aryl methyl sites for hydroxylation is 3. The quantitative estimate of drug-likeness (QED) is 0.0268. The second-order valence-electron chi connectivity index (χ2n) is 22.0. The van der Waals surface area contributed by atoms with Crippen LogP contribution >= 0.6 is 11.6 Å². The maximum Gasteiger partial charge on any atom is 0.419 e. The zero-order valence-corrected chi connectivity index (χ0v) is 60.3. The molecule has 0 aliphatic heterocycles. The molecule has 12 aromatic rings. The summed E-state index contributed by atoms with van der Waals surface area (Å²) in [6.45, 7) is 5.11. The third kappa shape index (κ3) is 21.8.